The maximum atomic E-state index is 10.2. The number of hydrogen-bond acceptors (Lipinski definition) is 3. The van der Waals surface area contributed by atoms with Gasteiger partial charge in [-0.25, -0.2) is 0 Å². The predicted octanol–water partition coefficient (Wildman–Crippen LogP) is 3.57. The Hall–Kier alpha value is -0.780. The molecule has 4 nitrogen and oxygen atoms in total. The zero-order chi connectivity index (χ0) is 15.9. The van der Waals surface area contributed by atoms with Gasteiger partial charge in [-0.3, -0.25) is 4.99 Å². The summed E-state index contributed by atoms with van der Waals surface area (Å²) in [5, 5.41) is 17.0. The average molecular weight is 344 g/mol. The Morgan fingerprint density at radius 3 is 2.95 bits per heavy atom. The molecule has 0 bridgehead atoms. The largest absolute Gasteiger partial charge is 0.386 e. The number of hydrogen-bond donors (Lipinski definition) is 3. The first-order chi connectivity index (χ1) is 10.6. The molecule has 0 saturated heterocycles. The van der Waals surface area contributed by atoms with Crippen molar-refractivity contribution in [1.29, 1.82) is 0 Å². The Kier molecular flexibility index (Phi) is 6.99. The average Bonchev–Trinajstić information content (AvgIpc) is 2.91. The third-order valence-corrected chi connectivity index (χ3v) is 5.30. The molecule has 6 heteroatoms. The van der Waals surface area contributed by atoms with Crippen LogP contribution in [0.25, 0.3) is 0 Å². The van der Waals surface area contributed by atoms with Crippen LogP contribution in [0, 0.1) is 5.92 Å². The smallest absolute Gasteiger partial charge is 0.191 e. The number of thiophene rings is 1. The molecule has 0 aliphatic heterocycles. The Morgan fingerprint density at radius 2 is 2.32 bits per heavy atom. The zero-order valence-electron chi connectivity index (χ0n) is 13.3. The summed E-state index contributed by atoms with van der Waals surface area (Å²) in [6.07, 6.45) is 4.38. The maximum Gasteiger partial charge on any atom is 0.191 e. The van der Waals surface area contributed by atoms with Crippen LogP contribution in [0.3, 0.4) is 0 Å². The number of nitrogens with one attached hydrogen (secondary N) is 2. The SMILES string of the molecule is CCNC(=NCC(O)c1ccc(Cl)s1)NC1CCCC(C)C1. The van der Waals surface area contributed by atoms with Crippen LogP contribution in [-0.2, 0) is 0 Å². The van der Waals surface area contributed by atoms with E-state index in [1.165, 1.54) is 37.0 Å². The van der Waals surface area contributed by atoms with Gasteiger partial charge in [0, 0.05) is 17.5 Å². The molecule has 1 aromatic rings. The van der Waals surface area contributed by atoms with Crippen molar-refractivity contribution >= 4 is 28.9 Å². The van der Waals surface area contributed by atoms with Crippen LogP contribution in [0.2, 0.25) is 4.34 Å². The summed E-state index contributed by atoms with van der Waals surface area (Å²) >= 11 is 7.31. The quantitative estimate of drug-likeness (QED) is 0.566. The van der Waals surface area contributed by atoms with E-state index in [9.17, 15) is 5.11 Å². The van der Waals surface area contributed by atoms with Crippen molar-refractivity contribution in [1.82, 2.24) is 10.6 Å². The zero-order valence-corrected chi connectivity index (χ0v) is 14.9. The Morgan fingerprint density at radius 1 is 1.50 bits per heavy atom. The fourth-order valence-electron chi connectivity index (χ4n) is 2.85. The van der Waals surface area contributed by atoms with Crippen molar-refractivity contribution in [3.63, 3.8) is 0 Å². The summed E-state index contributed by atoms with van der Waals surface area (Å²) < 4.78 is 0.694. The van der Waals surface area contributed by atoms with E-state index in [0.29, 0.717) is 16.9 Å². The van der Waals surface area contributed by atoms with Crippen LogP contribution in [0.1, 0.15) is 50.5 Å². The highest BCUT2D eigenvalue weighted by Crippen LogP contribution is 2.27. The summed E-state index contributed by atoms with van der Waals surface area (Å²) in [5.74, 6) is 1.57. The molecule has 0 spiro atoms. The lowest BCUT2D eigenvalue weighted by Crippen LogP contribution is -2.45. The summed E-state index contributed by atoms with van der Waals surface area (Å²) in [6.45, 7) is 5.52. The van der Waals surface area contributed by atoms with Crippen LogP contribution in [-0.4, -0.2) is 30.2 Å². The summed E-state index contributed by atoms with van der Waals surface area (Å²) in [6, 6.07) is 4.15. The molecule has 2 rings (SSSR count). The van der Waals surface area contributed by atoms with Crippen LogP contribution < -0.4 is 10.6 Å². The van der Waals surface area contributed by atoms with E-state index in [-0.39, 0.29) is 0 Å². The number of aliphatic hydroxyl groups excluding tert-OH is 1. The van der Waals surface area contributed by atoms with Crippen LogP contribution >= 0.6 is 22.9 Å². The van der Waals surface area contributed by atoms with Gasteiger partial charge in [-0.2, -0.15) is 0 Å². The van der Waals surface area contributed by atoms with Gasteiger partial charge in [0.2, 0.25) is 0 Å². The molecule has 1 aliphatic carbocycles. The molecule has 3 unspecified atom stereocenters. The number of aliphatic hydroxyl groups is 1. The third-order valence-electron chi connectivity index (χ3n) is 3.97. The highest BCUT2D eigenvalue weighted by Gasteiger charge is 2.19. The van der Waals surface area contributed by atoms with E-state index in [0.717, 1.165) is 23.3 Å². The van der Waals surface area contributed by atoms with Gasteiger partial charge in [0.25, 0.3) is 0 Å². The van der Waals surface area contributed by atoms with Gasteiger partial charge in [-0.15, -0.1) is 11.3 Å². The summed E-state index contributed by atoms with van der Waals surface area (Å²) in [5.41, 5.74) is 0. The molecule has 1 heterocycles. The monoisotopic (exact) mass is 343 g/mol. The van der Waals surface area contributed by atoms with Crippen LogP contribution in [0.15, 0.2) is 17.1 Å². The van der Waals surface area contributed by atoms with E-state index < -0.39 is 6.10 Å². The molecule has 0 radical (unpaired) electrons. The first kappa shape index (κ1) is 17.6. The Balaban J connectivity index is 1.91. The van der Waals surface area contributed by atoms with Gasteiger partial charge in [0.1, 0.15) is 6.10 Å². The molecular weight excluding hydrogens is 318 g/mol. The maximum absolute atomic E-state index is 10.2. The lowest BCUT2D eigenvalue weighted by Gasteiger charge is -2.29. The Labute approximate surface area is 142 Å². The molecule has 22 heavy (non-hydrogen) atoms. The van der Waals surface area contributed by atoms with Crippen molar-refractivity contribution in [2.45, 2.75) is 51.7 Å². The van der Waals surface area contributed by atoms with Gasteiger partial charge in [0.15, 0.2) is 5.96 Å². The molecule has 1 aliphatic rings. The second-order valence-electron chi connectivity index (χ2n) is 5.99. The number of aliphatic imine (C=N–C) groups is 1. The van der Waals surface area contributed by atoms with Gasteiger partial charge in [-0.1, -0.05) is 31.4 Å². The molecule has 3 N–H and O–H groups in total. The predicted molar refractivity (Wildman–Crippen MR) is 94.8 cm³/mol. The molecule has 1 fully saturated rings. The van der Waals surface area contributed by atoms with E-state index in [2.05, 4.69) is 29.5 Å². The summed E-state index contributed by atoms with van der Waals surface area (Å²) in [7, 11) is 0. The number of nitrogens with zero attached hydrogens (tertiary/aromatic N) is 1. The van der Waals surface area contributed by atoms with E-state index in [1.54, 1.807) is 6.07 Å². The van der Waals surface area contributed by atoms with Crippen molar-refractivity contribution in [2.75, 3.05) is 13.1 Å². The summed E-state index contributed by atoms with van der Waals surface area (Å²) in [4.78, 5) is 5.38. The highest BCUT2D eigenvalue weighted by molar-refractivity contribution is 7.16. The minimum atomic E-state index is -0.599. The standard InChI is InChI=1S/C16H26ClN3OS/c1-3-18-16(20-12-6-4-5-11(2)9-12)19-10-13(21)14-7-8-15(17)22-14/h7-8,11-13,21H,3-6,9-10H2,1-2H3,(H2,18,19,20). The van der Waals surface area contributed by atoms with Gasteiger partial charge >= 0.3 is 0 Å². The van der Waals surface area contributed by atoms with E-state index in [4.69, 9.17) is 11.6 Å². The van der Waals surface area contributed by atoms with Crippen LogP contribution in [0.4, 0.5) is 0 Å². The molecule has 0 amide bonds. The van der Waals surface area contributed by atoms with Crippen molar-refractivity contribution in [3.8, 4) is 0 Å². The van der Waals surface area contributed by atoms with Crippen molar-refractivity contribution in [2.24, 2.45) is 10.9 Å². The second-order valence-corrected chi connectivity index (χ2v) is 7.74. The lowest BCUT2D eigenvalue weighted by atomic mass is 9.87. The molecule has 3 atom stereocenters. The van der Waals surface area contributed by atoms with Crippen molar-refractivity contribution in [3.05, 3.63) is 21.3 Å². The minimum absolute atomic E-state index is 0.342. The lowest BCUT2D eigenvalue weighted by molar-refractivity contribution is 0.191. The minimum Gasteiger partial charge on any atom is -0.386 e. The number of rotatable bonds is 5. The normalized spacial score (nSPS) is 24.1. The van der Waals surface area contributed by atoms with Crippen molar-refractivity contribution < 1.29 is 5.11 Å². The third kappa shape index (κ3) is 5.45. The number of halogens is 1. The fraction of sp³-hybridized carbons (Fsp3) is 0.688. The van der Waals surface area contributed by atoms with Gasteiger partial charge in [-0.05, 0) is 37.8 Å². The number of guanidine groups is 1. The highest BCUT2D eigenvalue weighted by atomic mass is 35.5. The van der Waals surface area contributed by atoms with Gasteiger partial charge < -0.3 is 15.7 Å². The van der Waals surface area contributed by atoms with Crippen LogP contribution in [0.5, 0.6) is 0 Å². The fourth-order valence-corrected chi connectivity index (χ4v) is 3.89. The van der Waals surface area contributed by atoms with Gasteiger partial charge in [0.05, 0.1) is 10.9 Å². The topological polar surface area (TPSA) is 56.7 Å². The molecule has 1 aromatic heterocycles. The molecular formula is C16H26ClN3OS. The van der Waals surface area contributed by atoms with E-state index in [1.807, 2.05) is 6.07 Å². The molecule has 124 valence electrons. The first-order valence-corrected chi connectivity index (χ1v) is 9.26. The molecule has 1 saturated carbocycles. The molecule has 0 aromatic carbocycles. The Bertz CT molecular complexity index is 491. The first-order valence-electron chi connectivity index (χ1n) is 8.06. The second kappa shape index (κ2) is 8.75. The van der Waals surface area contributed by atoms with E-state index >= 15 is 0 Å².